The number of amides is 1. The molecule has 114 valence electrons. The van der Waals surface area contributed by atoms with Crippen molar-refractivity contribution in [3.8, 4) is 0 Å². The van der Waals surface area contributed by atoms with Gasteiger partial charge in [-0.2, -0.15) is 0 Å². The molecule has 1 atom stereocenters. The Morgan fingerprint density at radius 3 is 2.76 bits per heavy atom. The van der Waals surface area contributed by atoms with E-state index in [1.165, 1.54) is 5.56 Å². The number of hydrogen-bond acceptors (Lipinski definition) is 3. The average Bonchev–Trinajstić information content (AvgIpc) is 2.95. The molecule has 2 aliphatic heterocycles. The molecule has 4 heteroatoms. The fourth-order valence-electron chi connectivity index (χ4n) is 3.31. The second kappa shape index (κ2) is 7.05. The van der Waals surface area contributed by atoms with Gasteiger partial charge in [-0.1, -0.05) is 30.3 Å². The topological polar surface area (TPSA) is 35.6 Å². The van der Waals surface area contributed by atoms with Gasteiger partial charge in [0, 0.05) is 39.3 Å². The Balaban J connectivity index is 1.53. The van der Waals surface area contributed by atoms with Crippen molar-refractivity contribution in [1.82, 2.24) is 15.1 Å². The van der Waals surface area contributed by atoms with Gasteiger partial charge in [0.2, 0.25) is 5.91 Å². The second-order valence-electron chi connectivity index (χ2n) is 6.13. The summed E-state index contributed by atoms with van der Waals surface area (Å²) in [7, 11) is 0. The number of carbonyl (C=O) groups excluding carboxylic acids is 1. The van der Waals surface area contributed by atoms with Gasteiger partial charge < -0.3 is 10.2 Å². The minimum Gasteiger partial charge on any atom is -0.341 e. The molecular formula is C17H25N3O. The molecule has 0 saturated carbocycles. The predicted molar refractivity (Wildman–Crippen MR) is 83.9 cm³/mol. The van der Waals surface area contributed by atoms with E-state index >= 15 is 0 Å². The van der Waals surface area contributed by atoms with Crippen LogP contribution in [-0.2, 0) is 11.3 Å². The van der Waals surface area contributed by atoms with Crippen LogP contribution >= 0.6 is 0 Å². The number of nitrogens with zero attached hydrogens (tertiary/aromatic N) is 2. The van der Waals surface area contributed by atoms with Crippen LogP contribution < -0.4 is 5.32 Å². The number of rotatable bonds is 3. The van der Waals surface area contributed by atoms with Crippen LogP contribution in [0, 0.1) is 5.92 Å². The number of nitrogens with one attached hydrogen (secondary N) is 1. The fraction of sp³-hybridized carbons (Fsp3) is 0.588. The molecule has 2 saturated heterocycles. The molecule has 1 N–H and O–H groups in total. The molecule has 0 spiro atoms. The van der Waals surface area contributed by atoms with Gasteiger partial charge in [0.1, 0.15) is 0 Å². The lowest BCUT2D eigenvalue weighted by atomic mass is 10.1. The van der Waals surface area contributed by atoms with Crippen LogP contribution in [0.2, 0.25) is 0 Å². The van der Waals surface area contributed by atoms with Crippen molar-refractivity contribution < 1.29 is 4.79 Å². The summed E-state index contributed by atoms with van der Waals surface area (Å²) >= 11 is 0. The van der Waals surface area contributed by atoms with E-state index in [1.807, 2.05) is 0 Å². The average molecular weight is 287 g/mol. The van der Waals surface area contributed by atoms with E-state index in [4.69, 9.17) is 0 Å². The summed E-state index contributed by atoms with van der Waals surface area (Å²) < 4.78 is 0. The van der Waals surface area contributed by atoms with Crippen LogP contribution in [0.3, 0.4) is 0 Å². The van der Waals surface area contributed by atoms with Gasteiger partial charge in [-0.25, -0.2) is 0 Å². The number of benzene rings is 1. The van der Waals surface area contributed by atoms with Gasteiger partial charge in [0.25, 0.3) is 0 Å². The maximum absolute atomic E-state index is 12.5. The minimum absolute atomic E-state index is 0.214. The lowest BCUT2D eigenvalue weighted by molar-refractivity contribution is -0.134. The molecular weight excluding hydrogens is 262 g/mol. The van der Waals surface area contributed by atoms with E-state index in [1.54, 1.807) is 0 Å². The molecule has 0 radical (unpaired) electrons. The monoisotopic (exact) mass is 287 g/mol. The smallest absolute Gasteiger partial charge is 0.227 e. The van der Waals surface area contributed by atoms with Crippen LogP contribution in [0.15, 0.2) is 30.3 Å². The fourth-order valence-corrected chi connectivity index (χ4v) is 3.31. The summed E-state index contributed by atoms with van der Waals surface area (Å²) in [4.78, 5) is 17.0. The lowest BCUT2D eigenvalue weighted by Crippen LogP contribution is -2.39. The summed E-state index contributed by atoms with van der Waals surface area (Å²) in [6.45, 7) is 6.71. The zero-order valence-corrected chi connectivity index (χ0v) is 12.6. The first-order valence-electron chi connectivity index (χ1n) is 8.09. The second-order valence-corrected chi connectivity index (χ2v) is 6.13. The van der Waals surface area contributed by atoms with E-state index in [0.29, 0.717) is 5.91 Å². The Labute approximate surface area is 127 Å². The van der Waals surface area contributed by atoms with E-state index in [9.17, 15) is 4.79 Å². The van der Waals surface area contributed by atoms with Crippen LogP contribution in [0.5, 0.6) is 0 Å². The highest BCUT2D eigenvalue weighted by molar-refractivity contribution is 5.79. The largest absolute Gasteiger partial charge is 0.341 e. The first kappa shape index (κ1) is 14.5. The normalized spacial score (nSPS) is 24.0. The van der Waals surface area contributed by atoms with Crippen molar-refractivity contribution in [2.75, 3.05) is 39.3 Å². The molecule has 1 unspecified atom stereocenters. The Morgan fingerprint density at radius 2 is 2.00 bits per heavy atom. The molecule has 2 fully saturated rings. The molecule has 1 aromatic carbocycles. The molecule has 4 nitrogen and oxygen atoms in total. The third kappa shape index (κ3) is 3.83. The predicted octanol–water partition coefficient (Wildman–Crippen LogP) is 1.33. The minimum atomic E-state index is 0.214. The van der Waals surface area contributed by atoms with E-state index in [2.05, 4.69) is 45.4 Å². The molecule has 0 bridgehead atoms. The van der Waals surface area contributed by atoms with Gasteiger partial charge >= 0.3 is 0 Å². The van der Waals surface area contributed by atoms with Crippen molar-refractivity contribution in [2.45, 2.75) is 19.4 Å². The van der Waals surface area contributed by atoms with Crippen LogP contribution in [0.4, 0.5) is 0 Å². The molecule has 1 amide bonds. The van der Waals surface area contributed by atoms with E-state index < -0.39 is 0 Å². The molecule has 1 aromatic rings. The standard InChI is InChI=1S/C17H25N3O/c21-17(16-7-8-18-13-16)20-10-4-9-19(11-12-20)14-15-5-2-1-3-6-15/h1-3,5-6,16,18H,4,7-14H2. The first-order valence-corrected chi connectivity index (χ1v) is 8.09. The summed E-state index contributed by atoms with van der Waals surface area (Å²) in [5.41, 5.74) is 1.36. The molecule has 0 aliphatic carbocycles. The highest BCUT2D eigenvalue weighted by atomic mass is 16.2. The molecule has 2 aliphatic rings. The van der Waals surface area contributed by atoms with Crippen molar-refractivity contribution in [1.29, 1.82) is 0 Å². The van der Waals surface area contributed by atoms with Gasteiger partial charge in [0.05, 0.1) is 5.92 Å². The summed E-state index contributed by atoms with van der Waals surface area (Å²) in [5.74, 6) is 0.576. The molecule has 0 aromatic heterocycles. The van der Waals surface area contributed by atoms with Crippen molar-refractivity contribution in [2.24, 2.45) is 5.92 Å². The van der Waals surface area contributed by atoms with Crippen LogP contribution in [0.1, 0.15) is 18.4 Å². The van der Waals surface area contributed by atoms with Crippen molar-refractivity contribution in [3.05, 3.63) is 35.9 Å². The summed E-state index contributed by atoms with van der Waals surface area (Å²) in [6.07, 6.45) is 2.09. The van der Waals surface area contributed by atoms with Gasteiger partial charge in [-0.05, 0) is 24.9 Å². The highest BCUT2D eigenvalue weighted by Crippen LogP contribution is 2.15. The summed E-state index contributed by atoms with van der Waals surface area (Å²) in [6, 6.07) is 10.6. The number of hydrogen-bond donors (Lipinski definition) is 1. The Kier molecular flexibility index (Phi) is 4.88. The zero-order valence-electron chi connectivity index (χ0n) is 12.6. The van der Waals surface area contributed by atoms with E-state index in [-0.39, 0.29) is 5.92 Å². The third-order valence-electron chi connectivity index (χ3n) is 4.56. The van der Waals surface area contributed by atoms with Gasteiger partial charge in [-0.3, -0.25) is 9.69 Å². The van der Waals surface area contributed by atoms with Crippen LogP contribution in [-0.4, -0.2) is 55.0 Å². The van der Waals surface area contributed by atoms with Crippen molar-refractivity contribution in [3.63, 3.8) is 0 Å². The van der Waals surface area contributed by atoms with Crippen LogP contribution in [0.25, 0.3) is 0 Å². The maximum atomic E-state index is 12.5. The van der Waals surface area contributed by atoms with Gasteiger partial charge in [0.15, 0.2) is 0 Å². The maximum Gasteiger partial charge on any atom is 0.227 e. The SMILES string of the molecule is O=C(C1CCNC1)N1CCCN(Cc2ccccc2)CC1. The lowest BCUT2D eigenvalue weighted by Gasteiger charge is -2.24. The quantitative estimate of drug-likeness (QED) is 0.911. The Hall–Kier alpha value is -1.39. The molecule has 2 heterocycles. The number of carbonyl (C=O) groups is 1. The van der Waals surface area contributed by atoms with Gasteiger partial charge in [-0.15, -0.1) is 0 Å². The molecule has 3 rings (SSSR count). The van der Waals surface area contributed by atoms with Crippen molar-refractivity contribution >= 4 is 5.91 Å². The molecule has 21 heavy (non-hydrogen) atoms. The first-order chi connectivity index (χ1) is 10.3. The third-order valence-corrected chi connectivity index (χ3v) is 4.56. The zero-order chi connectivity index (χ0) is 14.5. The Bertz CT molecular complexity index is 456. The summed E-state index contributed by atoms with van der Waals surface area (Å²) in [5, 5.41) is 3.29. The Morgan fingerprint density at radius 1 is 1.14 bits per heavy atom. The van der Waals surface area contributed by atoms with E-state index in [0.717, 1.165) is 58.7 Å². The highest BCUT2D eigenvalue weighted by Gasteiger charge is 2.28.